The summed E-state index contributed by atoms with van der Waals surface area (Å²) in [6.07, 6.45) is 3.16. The number of hydrogen-bond donors (Lipinski definition) is 3. The van der Waals surface area contributed by atoms with Gasteiger partial charge in [-0.1, -0.05) is 12.1 Å². The van der Waals surface area contributed by atoms with E-state index in [0.29, 0.717) is 38.9 Å². The Bertz CT molecular complexity index is 1310. The molecule has 0 unspecified atom stereocenters. The number of nitrogen functional groups attached to an aromatic ring is 1. The van der Waals surface area contributed by atoms with E-state index in [4.69, 9.17) is 10.5 Å². The fourth-order valence-electron chi connectivity index (χ4n) is 3.31. The van der Waals surface area contributed by atoms with Crippen molar-refractivity contribution in [3.05, 3.63) is 65.0 Å². The molecule has 0 aliphatic carbocycles. The summed E-state index contributed by atoms with van der Waals surface area (Å²) < 4.78 is 5.65. The van der Waals surface area contributed by atoms with Crippen LogP contribution in [-0.4, -0.2) is 53.5 Å². The van der Waals surface area contributed by atoms with Gasteiger partial charge in [-0.05, 0) is 49.2 Å². The Morgan fingerprint density at radius 1 is 1.33 bits per heavy atom. The molecule has 10 heteroatoms. The highest BCUT2D eigenvalue weighted by Crippen LogP contribution is 2.37. The van der Waals surface area contributed by atoms with E-state index in [2.05, 4.69) is 26.3 Å². The number of benzene rings is 1. The van der Waals surface area contributed by atoms with Gasteiger partial charge < -0.3 is 20.9 Å². The van der Waals surface area contributed by atoms with Crippen molar-refractivity contribution in [3.8, 4) is 22.9 Å². The van der Waals surface area contributed by atoms with E-state index in [-0.39, 0.29) is 18.3 Å². The van der Waals surface area contributed by atoms with Crippen LogP contribution >= 0.6 is 11.8 Å². The Kier molecular flexibility index (Phi) is 8.64. The average Bonchev–Trinajstić information content (AvgIpc) is 2.87. The molecule has 2 aromatic heterocycles. The topological polar surface area (TPSA) is 147 Å². The molecule has 4 N–H and O–H groups in total. The van der Waals surface area contributed by atoms with Gasteiger partial charge in [0.15, 0.2) is 0 Å². The van der Waals surface area contributed by atoms with Gasteiger partial charge in [-0.25, -0.2) is 4.98 Å². The van der Waals surface area contributed by atoms with Gasteiger partial charge in [-0.3, -0.25) is 14.8 Å². The van der Waals surface area contributed by atoms with Gasteiger partial charge in [0.25, 0.3) is 5.91 Å². The lowest BCUT2D eigenvalue weighted by Gasteiger charge is -2.18. The van der Waals surface area contributed by atoms with Gasteiger partial charge in [-0.15, -0.1) is 11.8 Å². The van der Waals surface area contributed by atoms with Crippen molar-refractivity contribution in [2.45, 2.75) is 30.2 Å². The minimum absolute atomic E-state index is 0.142. The molecule has 0 bridgehead atoms. The number of thioether (sulfide) groups is 1. The van der Waals surface area contributed by atoms with Gasteiger partial charge in [0.1, 0.15) is 35.0 Å². The molecule has 2 heterocycles. The molecule has 0 radical (unpaired) electrons. The molecule has 3 aromatic rings. The van der Waals surface area contributed by atoms with Gasteiger partial charge in [-0.2, -0.15) is 5.26 Å². The van der Waals surface area contributed by atoms with Crippen LogP contribution in [0.2, 0.25) is 0 Å². The number of carbonyl (C=O) groups is 1. The number of ether oxygens (including phenoxy) is 1. The highest BCUT2D eigenvalue weighted by molar-refractivity contribution is 7.98. The maximum Gasteiger partial charge on any atom is 0.269 e. The van der Waals surface area contributed by atoms with Crippen molar-refractivity contribution in [2.24, 2.45) is 4.99 Å². The first-order valence-electron chi connectivity index (χ1n) is 11.1. The largest absolute Gasteiger partial charge is 0.491 e. The minimum atomic E-state index is -0.959. The number of aliphatic hydroxyl groups is 1. The number of nitrogens with two attached hydrogens (primary N) is 1. The number of anilines is 1. The zero-order valence-electron chi connectivity index (χ0n) is 20.6. The number of hydrogen-bond acceptors (Lipinski definition) is 9. The van der Waals surface area contributed by atoms with E-state index in [1.807, 2.05) is 12.1 Å². The van der Waals surface area contributed by atoms with Crippen LogP contribution in [0.5, 0.6) is 5.75 Å². The van der Waals surface area contributed by atoms with E-state index in [0.717, 1.165) is 11.1 Å². The Morgan fingerprint density at radius 3 is 2.67 bits per heavy atom. The van der Waals surface area contributed by atoms with Crippen LogP contribution in [0.15, 0.2) is 52.6 Å². The number of nitrogens with zero attached hydrogens (tertiary/aromatic N) is 4. The van der Waals surface area contributed by atoms with Crippen molar-refractivity contribution in [3.63, 3.8) is 0 Å². The monoisotopic (exact) mass is 504 g/mol. The fourth-order valence-corrected chi connectivity index (χ4v) is 4.25. The van der Waals surface area contributed by atoms with E-state index < -0.39 is 5.60 Å². The van der Waals surface area contributed by atoms with Crippen molar-refractivity contribution in [2.75, 3.05) is 26.4 Å². The number of nitriles is 1. The Morgan fingerprint density at radius 2 is 2.06 bits per heavy atom. The van der Waals surface area contributed by atoms with Crippen LogP contribution in [0, 0.1) is 11.3 Å². The summed E-state index contributed by atoms with van der Waals surface area (Å²) in [5, 5.41) is 23.0. The van der Waals surface area contributed by atoms with Crippen LogP contribution in [0.3, 0.4) is 0 Å². The first kappa shape index (κ1) is 26.7. The predicted octanol–water partition coefficient (Wildman–Crippen LogP) is 3.45. The number of pyridine rings is 2. The van der Waals surface area contributed by atoms with E-state index in [1.54, 1.807) is 64.6 Å². The Hall–Kier alpha value is -3.94. The molecule has 0 spiro atoms. The van der Waals surface area contributed by atoms with Crippen LogP contribution < -0.4 is 15.8 Å². The summed E-state index contributed by atoms with van der Waals surface area (Å²) in [5.41, 5.74) is 8.80. The second kappa shape index (κ2) is 11.7. The summed E-state index contributed by atoms with van der Waals surface area (Å²) in [6, 6.07) is 13.0. The van der Waals surface area contributed by atoms with Gasteiger partial charge >= 0.3 is 0 Å². The molecular weight excluding hydrogens is 476 g/mol. The molecule has 0 saturated heterocycles. The average molecular weight is 505 g/mol. The smallest absolute Gasteiger partial charge is 0.269 e. The molecule has 0 fully saturated rings. The Labute approximate surface area is 214 Å². The first-order chi connectivity index (χ1) is 17.2. The number of aromatic nitrogens is 2. The first-order valence-corrected chi connectivity index (χ1v) is 12.1. The molecule has 0 saturated carbocycles. The van der Waals surface area contributed by atoms with Gasteiger partial charge in [0.05, 0.1) is 11.2 Å². The molecule has 3 rings (SSSR count). The molecular formula is C26H28N6O3S. The van der Waals surface area contributed by atoms with Crippen LogP contribution in [0.4, 0.5) is 5.82 Å². The maximum atomic E-state index is 11.9. The Balaban J connectivity index is 1.98. The highest BCUT2D eigenvalue weighted by Gasteiger charge is 2.20. The quantitative estimate of drug-likeness (QED) is 0.297. The maximum absolute atomic E-state index is 11.9. The van der Waals surface area contributed by atoms with Crippen LogP contribution in [-0.2, 0) is 5.75 Å². The van der Waals surface area contributed by atoms with E-state index in [1.165, 1.54) is 11.8 Å². The number of nitrogens with one attached hydrogen (secondary N) is 1. The lowest BCUT2D eigenvalue weighted by atomic mass is 9.96. The lowest BCUT2D eigenvalue weighted by Crippen LogP contribution is -2.27. The zero-order valence-corrected chi connectivity index (χ0v) is 21.4. The van der Waals surface area contributed by atoms with Crippen molar-refractivity contribution in [1.82, 2.24) is 15.3 Å². The standard InChI is InChI=1S/C26H28N6O3S/c1-26(2,34)15-35-18-7-5-17(6-8-18)22-19(12-27)25(32-23(28)20(22)13-29-3)36-14-16-9-10-31-21(11-16)24(33)30-4/h5-11,13,34H,14-15H2,1-4H3,(H2,28,32)(H,30,33). The normalized spacial score (nSPS) is 11.3. The minimum Gasteiger partial charge on any atom is -0.491 e. The second-order valence-corrected chi connectivity index (χ2v) is 9.47. The number of rotatable bonds is 9. The highest BCUT2D eigenvalue weighted by atomic mass is 32.2. The van der Waals surface area contributed by atoms with Crippen LogP contribution in [0.1, 0.15) is 41.0 Å². The fraction of sp³-hybridized carbons (Fsp3) is 0.269. The zero-order chi connectivity index (χ0) is 26.3. The molecule has 1 amide bonds. The lowest BCUT2D eigenvalue weighted by molar-refractivity contribution is 0.0285. The summed E-state index contributed by atoms with van der Waals surface area (Å²) in [5.74, 6) is 1.02. The van der Waals surface area contributed by atoms with Crippen molar-refractivity contribution in [1.29, 1.82) is 5.26 Å². The second-order valence-electron chi connectivity index (χ2n) is 8.51. The SMILES string of the molecule is CN=Cc1c(N)nc(SCc2ccnc(C(=O)NC)c2)c(C#N)c1-c1ccc(OCC(C)(C)O)cc1. The van der Waals surface area contributed by atoms with Crippen LogP contribution in [0.25, 0.3) is 11.1 Å². The third kappa shape index (κ3) is 6.59. The summed E-state index contributed by atoms with van der Waals surface area (Å²) in [4.78, 5) is 24.6. The van der Waals surface area contributed by atoms with Gasteiger partial charge in [0.2, 0.25) is 0 Å². The number of carbonyl (C=O) groups excluding carboxylic acids is 1. The molecule has 36 heavy (non-hydrogen) atoms. The van der Waals surface area contributed by atoms with Crippen molar-refractivity contribution < 1.29 is 14.6 Å². The summed E-state index contributed by atoms with van der Waals surface area (Å²) >= 11 is 1.35. The molecule has 1 aromatic carbocycles. The van der Waals surface area contributed by atoms with Crippen molar-refractivity contribution >= 4 is 29.7 Å². The summed E-state index contributed by atoms with van der Waals surface area (Å²) in [6.45, 7) is 3.48. The van der Waals surface area contributed by atoms with E-state index in [9.17, 15) is 15.2 Å². The molecule has 0 aliphatic rings. The molecule has 0 atom stereocenters. The molecule has 9 nitrogen and oxygen atoms in total. The third-order valence-electron chi connectivity index (χ3n) is 5.00. The van der Waals surface area contributed by atoms with E-state index >= 15 is 0 Å². The molecule has 186 valence electrons. The van der Waals surface area contributed by atoms with Gasteiger partial charge in [0, 0.05) is 43.4 Å². The number of amides is 1. The predicted molar refractivity (Wildman–Crippen MR) is 141 cm³/mol. The third-order valence-corrected chi connectivity index (χ3v) is 6.04. The summed E-state index contributed by atoms with van der Waals surface area (Å²) in [7, 11) is 3.17. The number of aliphatic imine (C=N–C) groups is 1. The molecule has 0 aliphatic heterocycles.